The molecule has 2 aromatic rings. The van der Waals surface area contributed by atoms with E-state index in [1.165, 1.54) is 26.4 Å². The van der Waals surface area contributed by atoms with Crippen LogP contribution in [0.5, 0.6) is 5.88 Å². The highest BCUT2D eigenvalue weighted by Crippen LogP contribution is 2.27. The third-order valence-corrected chi connectivity index (χ3v) is 5.38. The Morgan fingerprint density at radius 1 is 1.13 bits per heavy atom. The highest BCUT2D eigenvalue weighted by Gasteiger charge is 2.23. The summed E-state index contributed by atoms with van der Waals surface area (Å²) >= 11 is 5.54. The molecule has 1 fully saturated rings. The van der Waals surface area contributed by atoms with Crippen LogP contribution in [0.1, 0.15) is 23.0 Å². The second-order valence-corrected chi connectivity index (χ2v) is 7.30. The van der Waals surface area contributed by atoms with Crippen molar-refractivity contribution >= 4 is 34.7 Å². The minimum atomic E-state index is -0.605. The zero-order chi connectivity index (χ0) is 22.5. The lowest BCUT2D eigenvalue weighted by Gasteiger charge is -2.37. The topological polar surface area (TPSA) is 66.9 Å². The molecule has 2 heterocycles. The number of halogens is 2. The van der Waals surface area contributed by atoms with Gasteiger partial charge in [0.1, 0.15) is 17.3 Å². The highest BCUT2D eigenvalue weighted by molar-refractivity contribution is 7.80. The largest absolute Gasteiger partial charge is 0.480 e. The Morgan fingerprint density at radius 2 is 1.77 bits per heavy atom. The van der Waals surface area contributed by atoms with Gasteiger partial charge in [-0.05, 0) is 36.8 Å². The minimum absolute atomic E-state index is 0.320. The number of anilines is 2. The number of carbonyl (C=O) groups excluding carboxylic acids is 1. The predicted molar refractivity (Wildman–Crippen MR) is 118 cm³/mol. The number of aryl methyl sites for hydroxylation is 1. The molecule has 0 amide bonds. The van der Waals surface area contributed by atoms with Crippen LogP contribution in [0.15, 0.2) is 24.3 Å². The van der Waals surface area contributed by atoms with E-state index in [1.54, 1.807) is 6.07 Å². The van der Waals surface area contributed by atoms with Gasteiger partial charge in [0.15, 0.2) is 5.11 Å². The first-order valence-electron chi connectivity index (χ1n) is 9.79. The number of thiocarbonyl (C=S) groups is 1. The van der Waals surface area contributed by atoms with Crippen LogP contribution in [-0.4, -0.2) is 61.4 Å². The van der Waals surface area contributed by atoms with Crippen LogP contribution in [0.4, 0.5) is 20.2 Å². The van der Waals surface area contributed by atoms with Gasteiger partial charge in [0.05, 0.1) is 25.5 Å². The molecule has 1 aromatic carbocycles. The Labute approximate surface area is 184 Å². The predicted octanol–water partition coefficient (Wildman–Crippen LogP) is 3.24. The van der Waals surface area contributed by atoms with Gasteiger partial charge in [0.25, 0.3) is 0 Å². The normalized spacial score (nSPS) is 13.7. The summed E-state index contributed by atoms with van der Waals surface area (Å²) in [6.07, 6.45) is 0.536. The van der Waals surface area contributed by atoms with Gasteiger partial charge in [-0.25, -0.2) is 18.6 Å². The molecule has 0 spiro atoms. The van der Waals surface area contributed by atoms with Crippen molar-refractivity contribution in [3.8, 4) is 5.88 Å². The summed E-state index contributed by atoms with van der Waals surface area (Å²) in [6, 6.07) is 5.10. The fourth-order valence-corrected chi connectivity index (χ4v) is 3.71. The lowest BCUT2D eigenvalue weighted by molar-refractivity contribution is 0.0599. The van der Waals surface area contributed by atoms with Crippen molar-refractivity contribution in [3.05, 3.63) is 47.2 Å². The Hall–Kier alpha value is -3.01. The summed E-state index contributed by atoms with van der Waals surface area (Å²) in [4.78, 5) is 20.4. The summed E-state index contributed by atoms with van der Waals surface area (Å²) in [7, 11) is 2.80. The van der Waals surface area contributed by atoms with Gasteiger partial charge >= 0.3 is 5.97 Å². The number of benzene rings is 1. The molecule has 31 heavy (non-hydrogen) atoms. The van der Waals surface area contributed by atoms with E-state index in [0.29, 0.717) is 66.2 Å². The number of aromatic nitrogens is 1. The smallest absolute Gasteiger partial charge is 0.339 e. The number of rotatable bonds is 5. The Balaban J connectivity index is 1.71. The zero-order valence-corrected chi connectivity index (χ0v) is 18.4. The van der Waals surface area contributed by atoms with Crippen LogP contribution in [0.25, 0.3) is 0 Å². The maximum atomic E-state index is 13.5. The standard InChI is InChI=1S/C21H24F2N4O3S/c1-4-17-16(20(28)30-3)12-18(19(24-17)29-2)25-21(31)27-7-5-26(6-8-27)15-10-13(22)9-14(23)11-15/h9-12H,4-8H2,1-3H3,(H,25,31). The number of pyridine rings is 1. The van der Waals surface area contributed by atoms with E-state index in [2.05, 4.69) is 10.3 Å². The number of hydrogen-bond donors (Lipinski definition) is 1. The molecule has 0 radical (unpaired) electrons. The monoisotopic (exact) mass is 450 g/mol. The first-order chi connectivity index (χ1) is 14.9. The lowest BCUT2D eigenvalue weighted by Crippen LogP contribution is -2.50. The molecule has 3 rings (SSSR count). The third-order valence-electron chi connectivity index (χ3n) is 5.02. The quantitative estimate of drug-likeness (QED) is 0.550. The molecular formula is C21H24F2N4O3S. The molecule has 1 aliphatic heterocycles. The molecule has 0 bridgehead atoms. The fourth-order valence-electron chi connectivity index (χ4n) is 3.42. The summed E-state index contributed by atoms with van der Waals surface area (Å²) in [5.74, 6) is -1.38. The first kappa shape index (κ1) is 22.7. The van der Waals surface area contributed by atoms with Crippen molar-refractivity contribution in [1.82, 2.24) is 9.88 Å². The molecule has 1 N–H and O–H groups in total. The number of hydrogen-bond acceptors (Lipinski definition) is 6. The van der Waals surface area contributed by atoms with Gasteiger partial charge < -0.3 is 24.6 Å². The molecule has 10 heteroatoms. The van der Waals surface area contributed by atoms with Gasteiger partial charge in [-0.1, -0.05) is 6.92 Å². The number of ether oxygens (including phenoxy) is 2. The maximum Gasteiger partial charge on any atom is 0.339 e. The number of piperazine rings is 1. The van der Waals surface area contributed by atoms with Gasteiger partial charge in [-0.3, -0.25) is 0 Å². The molecule has 1 aliphatic rings. The number of nitrogens with one attached hydrogen (secondary N) is 1. The molecule has 7 nitrogen and oxygen atoms in total. The second-order valence-electron chi connectivity index (χ2n) is 6.92. The van der Waals surface area contributed by atoms with E-state index in [1.807, 2.05) is 16.7 Å². The average molecular weight is 451 g/mol. The van der Waals surface area contributed by atoms with E-state index in [0.717, 1.165) is 6.07 Å². The summed E-state index contributed by atoms with van der Waals surface area (Å²) < 4.78 is 37.2. The Kier molecular flexibility index (Phi) is 7.21. The highest BCUT2D eigenvalue weighted by atomic mass is 32.1. The third kappa shape index (κ3) is 5.19. The van der Waals surface area contributed by atoms with E-state index >= 15 is 0 Å². The van der Waals surface area contributed by atoms with Gasteiger partial charge in [-0.15, -0.1) is 0 Å². The van der Waals surface area contributed by atoms with Crippen molar-refractivity contribution in [2.24, 2.45) is 0 Å². The van der Waals surface area contributed by atoms with Crippen molar-refractivity contribution in [3.63, 3.8) is 0 Å². The Bertz CT molecular complexity index is 961. The van der Waals surface area contributed by atoms with E-state index < -0.39 is 17.6 Å². The summed E-state index contributed by atoms with van der Waals surface area (Å²) in [5.41, 5.74) is 1.87. The van der Waals surface area contributed by atoms with Crippen LogP contribution < -0.4 is 15.0 Å². The molecular weight excluding hydrogens is 426 g/mol. The molecule has 0 unspecified atom stereocenters. The molecule has 1 aromatic heterocycles. The fraction of sp³-hybridized carbons (Fsp3) is 0.381. The van der Waals surface area contributed by atoms with Crippen LogP contribution >= 0.6 is 12.2 Å². The molecule has 166 valence electrons. The van der Waals surface area contributed by atoms with Gasteiger partial charge in [-0.2, -0.15) is 0 Å². The van der Waals surface area contributed by atoms with E-state index in [-0.39, 0.29) is 0 Å². The molecule has 0 saturated carbocycles. The van der Waals surface area contributed by atoms with Crippen LogP contribution in [0.2, 0.25) is 0 Å². The first-order valence-corrected chi connectivity index (χ1v) is 10.2. The molecule has 0 atom stereocenters. The Morgan fingerprint density at radius 3 is 2.32 bits per heavy atom. The van der Waals surface area contributed by atoms with Gasteiger partial charge in [0, 0.05) is 37.9 Å². The minimum Gasteiger partial charge on any atom is -0.480 e. The van der Waals surface area contributed by atoms with Crippen LogP contribution in [-0.2, 0) is 11.2 Å². The van der Waals surface area contributed by atoms with Gasteiger partial charge in [0.2, 0.25) is 5.88 Å². The summed E-state index contributed by atoms with van der Waals surface area (Å²) in [5, 5.41) is 3.53. The average Bonchev–Trinajstić information content (AvgIpc) is 2.77. The summed E-state index contributed by atoms with van der Waals surface area (Å²) in [6.45, 7) is 4.08. The molecule has 1 saturated heterocycles. The number of esters is 1. The number of nitrogens with zero attached hydrogens (tertiary/aromatic N) is 3. The zero-order valence-electron chi connectivity index (χ0n) is 17.6. The number of methoxy groups -OCH3 is 2. The van der Waals surface area contributed by atoms with Crippen molar-refractivity contribution in [2.75, 3.05) is 50.6 Å². The van der Waals surface area contributed by atoms with E-state index in [4.69, 9.17) is 21.7 Å². The van der Waals surface area contributed by atoms with Crippen LogP contribution in [0.3, 0.4) is 0 Å². The van der Waals surface area contributed by atoms with Crippen molar-refractivity contribution < 1.29 is 23.0 Å². The SMILES string of the molecule is CCc1nc(OC)c(NC(=S)N2CCN(c3cc(F)cc(F)c3)CC2)cc1C(=O)OC. The second kappa shape index (κ2) is 9.86. The van der Waals surface area contributed by atoms with Crippen molar-refractivity contribution in [1.29, 1.82) is 0 Å². The number of carbonyl (C=O) groups is 1. The lowest BCUT2D eigenvalue weighted by atomic mass is 10.1. The van der Waals surface area contributed by atoms with Crippen LogP contribution in [0, 0.1) is 11.6 Å². The van der Waals surface area contributed by atoms with Crippen molar-refractivity contribution in [2.45, 2.75) is 13.3 Å². The maximum absolute atomic E-state index is 13.5. The van der Waals surface area contributed by atoms with E-state index in [9.17, 15) is 13.6 Å². The molecule has 0 aliphatic carbocycles.